The summed E-state index contributed by atoms with van der Waals surface area (Å²) in [7, 11) is 0. The first kappa shape index (κ1) is 17.1. The molecule has 0 atom stereocenters. The predicted molar refractivity (Wildman–Crippen MR) is 111 cm³/mol. The van der Waals surface area contributed by atoms with E-state index in [1.165, 1.54) is 22.1 Å². The molecule has 3 aromatic carbocycles. The fourth-order valence-electron chi connectivity index (χ4n) is 3.22. The molecule has 4 heteroatoms. The summed E-state index contributed by atoms with van der Waals surface area (Å²) < 4.78 is 0. The highest BCUT2D eigenvalue weighted by atomic mass is 35.5. The van der Waals surface area contributed by atoms with Gasteiger partial charge in [-0.05, 0) is 53.6 Å². The standard InChI is InChI=1S/C21H19N3.ClH/c1-13-5-3-8-18(14(13)2)23-21(22)24-19-12-11-16-10-9-15-6-4-7-17(19)20(15)16;/h3-12H,1-2H3,(H3,22,23,24);1H. The number of anilines is 2. The third-order valence-electron chi connectivity index (χ3n) is 4.67. The highest BCUT2D eigenvalue weighted by Crippen LogP contribution is 2.35. The van der Waals surface area contributed by atoms with Gasteiger partial charge in [0, 0.05) is 16.8 Å². The molecule has 0 spiro atoms. The SMILES string of the molecule is Cc1cccc(NC(=N)Nc2ccc3c4c(cccc24)C=C3)c1C.Cl. The number of hydrogen-bond donors (Lipinski definition) is 3. The van der Waals surface area contributed by atoms with E-state index in [0.29, 0.717) is 0 Å². The molecule has 0 unspecified atom stereocenters. The van der Waals surface area contributed by atoms with Crippen LogP contribution in [0.25, 0.3) is 22.9 Å². The van der Waals surface area contributed by atoms with Crippen molar-refractivity contribution in [1.29, 1.82) is 5.41 Å². The van der Waals surface area contributed by atoms with Crippen LogP contribution in [0.15, 0.2) is 48.5 Å². The number of rotatable bonds is 2. The van der Waals surface area contributed by atoms with Gasteiger partial charge < -0.3 is 10.6 Å². The topological polar surface area (TPSA) is 47.9 Å². The van der Waals surface area contributed by atoms with Crippen molar-refractivity contribution >= 4 is 52.7 Å². The van der Waals surface area contributed by atoms with E-state index in [9.17, 15) is 0 Å². The van der Waals surface area contributed by atoms with E-state index in [1.54, 1.807) is 0 Å². The third kappa shape index (κ3) is 2.99. The molecule has 0 saturated carbocycles. The summed E-state index contributed by atoms with van der Waals surface area (Å²) in [5, 5.41) is 17.1. The number of halogens is 1. The lowest BCUT2D eigenvalue weighted by Crippen LogP contribution is -2.21. The molecule has 4 rings (SSSR count). The second kappa shape index (κ2) is 6.61. The van der Waals surface area contributed by atoms with Gasteiger partial charge in [-0.2, -0.15) is 0 Å². The number of guanidine groups is 1. The van der Waals surface area contributed by atoms with Gasteiger partial charge in [-0.15, -0.1) is 12.4 Å². The molecule has 0 aliphatic heterocycles. The maximum absolute atomic E-state index is 8.29. The second-order valence-corrected chi connectivity index (χ2v) is 6.18. The van der Waals surface area contributed by atoms with Gasteiger partial charge in [-0.3, -0.25) is 5.41 Å². The van der Waals surface area contributed by atoms with Crippen LogP contribution in [0.4, 0.5) is 11.4 Å². The Labute approximate surface area is 153 Å². The Morgan fingerprint density at radius 3 is 2.28 bits per heavy atom. The maximum atomic E-state index is 8.29. The van der Waals surface area contributed by atoms with Crippen molar-refractivity contribution in [3.05, 3.63) is 70.8 Å². The van der Waals surface area contributed by atoms with Crippen molar-refractivity contribution in [3.63, 3.8) is 0 Å². The summed E-state index contributed by atoms with van der Waals surface area (Å²) in [6.07, 6.45) is 4.28. The Balaban J connectivity index is 0.00000182. The van der Waals surface area contributed by atoms with Gasteiger partial charge in [0.15, 0.2) is 5.96 Å². The van der Waals surface area contributed by atoms with Gasteiger partial charge in [-0.25, -0.2) is 0 Å². The van der Waals surface area contributed by atoms with Crippen LogP contribution in [0.3, 0.4) is 0 Å². The van der Waals surface area contributed by atoms with Gasteiger partial charge in [0.1, 0.15) is 0 Å². The first-order valence-corrected chi connectivity index (χ1v) is 8.06. The van der Waals surface area contributed by atoms with Gasteiger partial charge in [-0.1, -0.05) is 48.6 Å². The molecular weight excluding hydrogens is 330 g/mol. The summed E-state index contributed by atoms with van der Waals surface area (Å²) >= 11 is 0. The largest absolute Gasteiger partial charge is 0.326 e. The molecule has 126 valence electrons. The lowest BCUT2D eigenvalue weighted by atomic mass is 10.0. The zero-order valence-electron chi connectivity index (χ0n) is 14.2. The minimum atomic E-state index is 0. The third-order valence-corrected chi connectivity index (χ3v) is 4.67. The van der Waals surface area contributed by atoms with Crippen molar-refractivity contribution in [3.8, 4) is 0 Å². The summed E-state index contributed by atoms with van der Waals surface area (Å²) in [5.74, 6) is 0.273. The van der Waals surface area contributed by atoms with Crippen molar-refractivity contribution in [2.75, 3.05) is 10.6 Å². The van der Waals surface area contributed by atoms with E-state index in [0.717, 1.165) is 22.3 Å². The molecule has 0 aromatic heterocycles. The molecule has 1 aliphatic carbocycles. The molecule has 3 nitrogen and oxygen atoms in total. The van der Waals surface area contributed by atoms with E-state index in [-0.39, 0.29) is 18.4 Å². The number of benzene rings is 3. The van der Waals surface area contributed by atoms with Crippen LogP contribution < -0.4 is 10.6 Å². The fraction of sp³-hybridized carbons (Fsp3) is 0.0952. The Kier molecular flexibility index (Phi) is 4.51. The van der Waals surface area contributed by atoms with Gasteiger partial charge >= 0.3 is 0 Å². The molecule has 0 fully saturated rings. The number of aryl methyl sites for hydroxylation is 1. The Morgan fingerprint density at radius 1 is 0.800 bits per heavy atom. The van der Waals surface area contributed by atoms with Crippen LogP contribution in [-0.4, -0.2) is 5.96 Å². The number of nitrogens with one attached hydrogen (secondary N) is 3. The molecule has 0 amide bonds. The van der Waals surface area contributed by atoms with Crippen molar-refractivity contribution in [2.24, 2.45) is 0 Å². The molecule has 25 heavy (non-hydrogen) atoms. The van der Waals surface area contributed by atoms with E-state index in [4.69, 9.17) is 5.41 Å². The van der Waals surface area contributed by atoms with E-state index >= 15 is 0 Å². The predicted octanol–water partition coefficient (Wildman–Crippen LogP) is 5.82. The minimum Gasteiger partial charge on any atom is -0.326 e. The molecule has 3 N–H and O–H groups in total. The first-order valence-electron chi connectivity index (χ1n) is 8.06. The summed E-state index contributed by atoms with van der Waals surface area (Å²) in [6, 6.07) is 16.5. The smallest absolute Gasteiger partial charge is 0.197 e. The van der Waals surface area contributed by atoms with Crippen LogP contribution >= 0.6 is 12.4 Å². The number of hydrogen-bond acceptors (Lipinski definition) is 1. The molecule has 1 aliphatic rings. The van der Waals surface area contributed by atoms with Crippen LogP contribution in [0.5, 0.6) is 0 Å². The van der Waals surface area contributed by atoms with Crippen molar-refractivity contribution in [1.82, 2.24) is 0 Å². The average Bonchev–Trinajstić information content (AvgIpc) is 2.99. The Hall–Kier alpha value is -2.78. The van der Waals surface area contributed by atoms with E-state index in [1.807, 2.05) is 18.2 Å². The molecule has 0 saturated heterocycles. The van der Waals surface area contributed by atoms with Crippen LogP contribution in [0.2, 0.25) is 0 Å². The monoisotopic (exact) mass is 349 g/mol. The molecule has 0 heterocycles. The highest BCUT2D eigenvalue weighted by molar-refractivity contribution is 6.13. The molecule has 3 aromatic rings. The maximum Gasteiger partial charge on any atom is 0.197 e. The lowest BCUT2D eigenvalue weighted by molar-refractivity contribution is 1.33. The fourth-order valence-corrected chi connectivity index (χ4v) is 3.22. The minimum absolute atomic E-state index is 0. The molecular formula is C21H20ClN3. The zero-order valence-corrected chi connectivity index (χ0v) is 15.0. The van der Waals surface area contributed by atoms with Gasteiger partial charge in [0.25, 0.3) is 0 Å². The normalized spacial score (nSPS) is 11.3. The summed E-state index contributed by atoms with van der Waals surface area (Å²) in [5.41, 5.74) is 6.75. The molecule has 0 radical (unpaired) electrons. The van der Waals surface area contributed by atoms with Gasteiger partial charge in [0.2, 0.25) is 0 Å². The van der Waals surface area contributed by atoms with Crippen LogP contribution in [-0.2, 0) is 0 Å². The van der Waals surface area contributed by atoms with E-state index in [2.05, 4.69) is 67.0 Å². The van der Waals surface area contributed by atoms with Crippen LogP contribution in [0, 0.1) is 19.3 Å². The first-order chi connectivity index (χ1) is 11.6. The van der Waals surface area contributed by atoms with Crippen LogP contribution in [0.1, 0.15) is 22.3 Å². The summed E-state index contributed by atoms with van der Waals surface area (Å²) in [4.78, 5) is 0. The lowest BCUT2D eigenvalue weighted by Gasteiger charge is -2.15. The summed E-state index contributed by atoms with van der Waals surface area (Å²) in [6.45, 7) is 4.14. The quantitative estimate of drug-likeness (QED) is 0.315. The molecule has 0 bridgehead atoms. The second-order valence-electron chi connectivity index (χ2n) is 6.18. The average molecular weight is 350 g/mol. The Morgan fingerprint density at radius 2 is 1.48 bits per heavy atom. The van der Waals surface area contributed by atoms with Crippen molar-refractivity contribution < 1.29 is 0 Å². The van der Waals surface area contributed by atoms with Crippen molar-refractivity contribution in [2.45, 2.75) is 13.8 Å². The Bertz CT molecular complexity index is 993. The van der Waals surface area contributed by atoms with Gasteiger partial charge in [0.05, 0.1) is 0 Å². The van der Waals surface area contributed by atoms with E-state index < -0.39 is 0 Å². The zero-order chi connectivity index (χ0) is 16.7. The highest BCUT2D eigenvalue weighted by Gasteiger charge is 2.12.